The van der Waals surface area contributed by atoms with Gasteiger partial charge in [-0.1, -0.05) is 27.7 Å². The van der Waals surface area contributed by atoms with Crippen molar-refractivity contribution in [1.29, 1.82) is 0 Å². The zero-order valence-electron chi connectivity index (χ0n) is 9.76. The first-order valence-corrected chi connectivity index (χ1v) is 5.58. The summed E-state index contributed by atoms with van der Waals surface area (Å²) in [6.07, 6.45) is 0. The Bertz CT molecular complexity index is 309. The van der Waals surface area contributed by atoms with Gasteiger partial charge in [0.25, 0.3) is 0 Å². The van der Waals surface area contributed by atoms with E-state index in [-0.39, 0.29) is 0 Å². The molecule has 0 aliphatic heterocycles. The standard InChI is InChI=1S/C12H20N2/c1-6-7(2)9(4)12-11(8(6)3)13-10(5)14-12/h6-9H,1-5H3,(H,13,14). The van der Waals surface area contributed by atoms with E-state index in [1.165, 1.54) is 11.4 Å². The maximum Gasteiger partial charge on any atom is 0.103 e. The molecule has 78 valence electrons. The highest BCUT2D eigenvalue weighted by atomic mass is 14.9. The highest BCUT2D eigenvalue weighted by Crippen LogP contribution is 2.44. The van der Waals surface area contributed by atoms with Crippen molar-refractivity contribution in [3.63, 3.8) is 0 Å². The van der Waals surface area contributed by atoms with Gasteiger partial charge in [0.1, 0.15) is 5.82 Å². The lowest BCUT2D eigenvalue weighted by atomic mass is 9.70. The van der Waals surface area contributed by atoms with Crippen molar-refractivity contribution in [3.8, 4) is 0 Å². The minimum atomic E-state index is 0.598. The highest BCUT2D eigenvalue weighted by molar-refractivity contribution is 5.26. The molecule has 0 fully saturated rings. The number of aryl methyl sites for hydroxylation is 1. The van der Waals surface area contributed by atoms with Gasteiger partial charge in [0.2, 0.25) is 0 Å². The Labute approximate surface area is 86.1 Å². The van der Waals surface area contributed by atoms with Crippen LogP contribution in [0.2, 0.25) is 0 Å². The number of imidazole rings is 1. The first-order chi connectivity index (χ1) is 6.52. The van der Waals surface area contributed by atoms with Crippen LogP contribution in [0.25, 0.3) is 0 Å². The van der Waals surface area contributed by atoms with E-state index < -0.39 is 0 Å². The van der Waals surface area contributed by atoms with Crippen molar-refractivity contribution < 1.29 is 0 Å². The third kappa shape index (κ3) is 1.20. The summed E-state index contributed by atoms with van der Waals surface area (Å²) in [6.45, 7) is 11.4. The van der Waals surface area contributed by atoms with Gasteiger partial charge in [0.05, 0.1) is 5.69 Å². The van der Waals surface area contributed by atoms with Crippen LogP contribution in [-0.4, -0.2) is 9.97 Å². The Morgan fingerprint density at radius 1 is 1.00 bits per heavy atom. The average Bonchev–Trinajstić information content (AvgIpc) is 2.54. The normalized spacial score (nSPS) is 36.9. The van der Waals surface area contributed by atoms with Crippen LogP contribution in [0.4, 0.5) is 0 Å². The fourth-order valence-electron chi connectivity index (χ4n) is 2.64. The molecule has 1 N–H and O–H groups in total. The van der Waals surface area contributed by atoms with Gasteiger partial charge >= 0.3 is 0 Å². The highest BCUT2D eigenvalue weighted by Gasteiger charge is 2.35. The summed E-state index contributed by atoms with van der Waals surface area (Å²) >= 11 is 0. The number of fused-ring (bicyclic) bond motifs is 1. The molecule has 0 saturated heterocycles. The molecule has 4 atom stereocenters. The molecule has 4 unspecified atom stereocenters. The molecule has 1 aromatic rings. The van der Waals surface area contributed by atoms with Gasteiger partial charge in [-0.05, 0) is 18.8 Å². The number of hydrogen-bond donors (Lipinski definition) is 1. The van der Waals surface area contributed by atoms with E-state index in [4.69, 9.17) is 0 Å². The van der Waals surface area contributed by atoms with Crippen LogP contribution in [0.1, 0.15) is 56.7 Å². The van der Waals surface area contributed by atoms with Crippen LogP contribution in [0, 0.1) is 18.8 Å². The predicted octanol–water partition coefficient (Wildman–Crippen LogP) is 3.21. The first kappa shape index (κ1) is 9.75. The lowest BCUT2D eigenvalue weighted by Gasteiger charge is -2.35. The fraction of sp³-hybridized carbons (Fsp3) is 0.750. The molecule has 0 bridgehead atoms. The van der Waals surface area contributed by atoms with Crippen molar-refractivity contribution in [3.05, 3.63) is 17.2 Å². The Morgan fingerprint density at radius 3 is 2.21 bits per heavy atom. The third-order valence-electron chi connectivity index (χ3n) is 4.17. The molecule has 0 aromatic carbocycles. The molecule has 2 rings (SSSR count). The summed E-state index contributed by atoms with van der Waals surface area (Å²) < 4.78 is 0. The fourth-order valence-corrected chi connectivity index (χ4v) is 2.64. The van der Waals surface area contributed by atoms with Crippen LogP contribution in [-0.2, 0) is 0 Å². The zero-order chi connectivity index (χ0) is 10.5. The van der Waals surface area contributed by atoms with Gasteiger partial charge in [-0.3, -0.25) is 0 Å². The van der Waals surface area contributed by atoms with E-state index in [0.717, 1.165) is 17.7 Å². The first-order valence-electron chi connectivity index (χ1n) is 5.58. The average molecular weight is 192 g/mol. The molecule has 1 heterocycles. The SMILES string of the molecule is Cc1nc2c([nH]1)C(C)C(C)C(C)C2C. The second-order valence-corrected chi connectivity index (χ2v) is 4.92. The van der Waals surface area contributed by atoms with E-state index in [9.17, 15) is 0 Å². The topological polar surface area (TPSA) is 28.7 Å². The molecule has 1 aromatic heterocycles. The number of aromatic nitrogens is 2. The number of nitrogens with zero attached hydrogens (tertiary/aromatic N) is 1. The summed E-state index contributed by atoms with van der Waals surface area (Å²) in [6, 6.07) is 0. The quantitative estimate of drug-likeness (QED) is 0.671. The molecule has 0 radical (unpaired) electrons. The van der Waals surface area contributed by atoms with Crippen LogP contribution in [0.3, 0.4) is 0 Å². The summed E-state index contributed by atoms with van der Waals surface area (Å²) in [5.74, 6) is 3.77. The minimum Gasteiger partial charge on any atom is -0.346 e. The smallest absolute Gasteiger partial charge is 0.103 e. The number of H-pyrrole nitrogens is 1. The molecule has 0 amide bonds. The van der Waals surface area contributed by atoms with E-state index >= 15 is 0 Å². The molecule has 1 aliphatic rings. The van der Waals surface area contributed by atoms with Crippen LogP contribution in [0.5, 0.6) is 0 Å². The van der Waals surface area contributed by atoms with Crippen molar-refractivity contribution >= 4 is 0 Å². The number of rotatable bonds is 0. The van der Waals surface area contributed by atoms with E-state index in [1.807, 2.05) is 6.92 Å². The van der Waals surface area contributed by atoms with E-state index in [2.05, 4.69) is 37.7 Å². The zero-order valence-corrected chi connectivity index (χ0v) is 9.76. The van der Waals surface area contributed by atoms with E-state index in [1.54, 1.807) is 0 Å². The van der Waals surface area contributed by atoms with Crippen molar-refractivity contribution in [1.82, 2.24) is 9.97 Å². The van der Waals surface area contributed by atoms with Crippen LogP contribution < -0.4 is 0 Å². The maximum atomic E-state index is 4.61. The molecule has 2 heteroatoms. The Balaban J connectivity index is 2.50. The lowest BCUT2D eigenvalue weighted by Crippen LogP contribution is -2.27. The summed E-state index contributed by atoms with van der Waals surface area (Å²) in [5.41, 5.74) is 2.68. The second kappa shape index (κ2) is 3.11. The monoisotopic (exact) mass is 192 g/mol. The van der Waals surface area contributed by atoms with Crippen LogP contribution in [0.15, 0.2) is 0 Å². The van der Waals surface area contributed by atoms with Gasteiger partial charge in [-0.2, -0.15) is 0 Å². The Kier molecular flexibility index (Phi) is 2.17. The molecule has 1 aliphatic carbocycles. The van der Waals surface area contributed by atoms with E-state index in [0.29, 0.717) is 11.8 Å². The van der Waals surface area contributed by atoms with Crippen LogP contribution >= 0.6 is 0 Å². The summed E-state index contributed by atoms with van der Waals surface area (Å²) in [5, 5.41) is 0. The van der Waals surface area contributed by atoms with Crippen molar-refractivity contribution in [2.24, 2.45) is 11.8 Å². The van der Waals surface area contributed by atoms with Gasteiger partial charge in [-0.15, -0.1) is 0 Å². The number of aromatic amines is 1. The molecular formula is C12H20N2. The van der Waals surface area contributed by atoms with Crippen molar-refractivity contribution in [2.45, 2.75) is 46.5 Å². The number of hydrogen-bond acceptors (Lipinski definition) is 1. The van der Waals surface area contributed by atoms with Gasteiger partial charge in [0, 0.05) is 17.5 Å². The predicted molar refractivity (Wildman–Crippen MR) is 58.5 cm³/mol. The van der Waals surface area contributed by atoms with Gasteiger partial charge in [-0.25, -0.2) is 4.98 Å². The summed E-state index contributed by atoms with van der Waals surface area (Å²) in [7, 11) is 0. The summed E-state index contributed by atoms with van der Waals surface area (Å²) in [4.78, 5) is 8.03. The van der Waals surface area contributed by atoms with Gasteiger partial charge in [0.15, 0.2) is 0 Å². The Morgan fingerprint density at radius 2 is 1.57 bits per heavy atom. The molecule has 2 nitrogen and oxygen atoms in total. The molecule has 14 heavy (non-hydrogen) atoms. The minimum absolute atomic E-state index is 0.598. The lowest BCUT2D eigenvalue weighted by molar-refractivity contribution is 0.267. The molecular weight excluding hydrogens is 172 g/mol. The third-order valence-corrected chi connectivity index (χ3v) is 4.17. The molecule has 0 spiro atoms. The largest absolute Gasteiger partial charge is 0.346 e. The molecule has 0 saturated carbocycles. The van der Waals surface area contributed by atoms with Gasteiger partial charge < -0.3 is 4.98 Å². The second-order valence-electron chi connectivity index (χ2n) is 4.92. The van der Waals surface area contributed by atoms with Crippen molar-refractivity contribution in [2.75, 3.05) is 0 Å². The Hall–Kier alpha value is -0.790. The maximum absolute atomic E-state index is 4.61. The number of nitrogens with one attached hydrogen (secondary N) is 1.